The van der Waals surface area contributed by atoms with Crippen LogP contribution in [0.15, 0.2) is 24.3 Å². The van der Waals surface area contributed by atoms with Crippen LogP contribution in [0.25, 0.3) is 0 Å². The molecule has 1 aliphatic heterocycles. The maximum absolute atomic E-state index is 12.9. The lowest BCUT2D eigenvalue weighted by Crippen LogP contribution is -2.52. The number of hydrogen-bond acceptors (Lipinski definition) is 3. The molecule has 1 N–H and O–H groups in total. The van der Waals surface area contributed by atoms with Crippen molar-refractivity contribution in [2.45, 2.75) is 65.0 Å². The lowest BCUT2D eigenvalue weighted by molar-refractivity contribution is -0.133. The van der Waals surface area contributed by atoms with E-state index in [1.54, 1.807) is 24.3 Å². The monoisotopic (exact) mass is 390 g/mol. The Morgan fingerprint density at radius 2 is 1.85 bits per heavy atom. The Morgan fingerprint density at radius 3 is 2.48 bits per heavy atom. The van der Waals surface area contributed by atoms with E-state index in [0.717, 1.165) is 24.2 Å². The molecule has 1 saturated carbocycles. The fraction of sp³-hybridized carbons (Fsp3) is 0.571. The second-order valence-electron chi connectivity index (χ2n) is 8.75. The highest BCUT2D eigenvalue weighted by atomic mass is 35.5. The molecule has 0 radical (unpaired) electrons. The molecule has 3 unspecified atom stereocenters. The van der Waals surface area contributed by atoms with Crippen molar-refractivity contribution in [2.75, 3.05) is 0 Å². The number of likely N-dealkylation sites (tertiary alicyclic amines) is 1. The van der Waals surface area contributed by atoms with E-state index in [9.17, 15) is 14.4 Å². The maximum Gasteiger partial charge on any atom is 0.261 e. The first-order chi connectivity index (χ1) is 12.7. The van der Waals surface area contributed by atoms with Crippen molar-refractivity contribution in [1.82, 2.24) is 10.2 Å². The molecule has 27 heavy (non-hydrogen) atoms. The summed E-state index contributed by atoms with van der Waals surface area (Å²) in [4.78, 5) is 39.1. The third-order valence-corrected chi connectivity index (χ3v) is 5.81. The predicted molar refractivity (Wildman–Crippen MR) is 104 cm³/mol. The van der Waals surface area contributed by atoms with Gasteiger partial charge in [-0.15, -0.1) is 0 Å². The number of amides is 3. The Morgan fingerprint density at radius 1 is 1.19 bits per heavy atom. The molecule has 1 aliphatic carbocycles. The van der Waals surface area contributed by atoms with Gasteiger partial charge in [0.05, 0.1) is 0 Å². The largest absolute Gasteiger partial charge is 0.352 e. The average molecular weight is 391 g/mol. The Bertz CT molecular complexity index is 744. The summed E-state index contributed by atoms with van der Waals surface area (Å²) >= 11 is 5.87. The van der Waals surface area contributed by atoms with E-state index in [4.69, 9.17) is 11.6 Å². The summed E-state index contributed by atoms with van der Waals surface area (Å²) in [5.41, 5.74) is 0.541. The lowest BCUT2D eigenvalue weighted by atomic mass is 9.70. The molecule has 0 aromatic heterocycles. The number of carbonyl (C=O) groups is 3. The smallest absolute Gasteiger partial charge is 0.261 e. The minimum absolute atomic E-state index is 0.0828. The molecular weight excluding hydrogens is 364 g/mol. The van der Waals surface area contributed by atoms with Crippen LogP contribution >= 0.6 is 11.6 Å². The van der Waals surface area contributed by atoms with E-state index < -0.39 is 11.9 Å². The Labute approximate surface area is 165 Å². The van der Waals surface area contributed by atoms with Crippen molar-refractivity contribution in [3.63, 3.8) is 0 Å². The summed E-state index contributed by atoms with van der Waals surface area (Å²) in [6.07, 6.45) is 3.57. The van der Waals surface area contributed by atoms with Crippen LogP contribution in [0, 0.1) is 11.3 Å². The molecule has 3 atom stereocenters. The average Bonchev–Trinajstić information content (AvgIpc) is 2.94. The van der Waals surface area contributed by atoms with E-state index in [-0.39, 0.29) is 29.7 Å². The van der Waals surface area contributed by atoms with E-state index in [1.807, 2.05) is 0 Å². The van der Waals surface area contributed by atoms with Gasteiger partial charge in [-0.1, -0.05) is 32.4 Å². The zero-order valence-corrected chi connectivity index (χ0v) is 16.9. The van der Waals surface area contributed by atoms with Gasteiger partial charge in [0.1, 0.15) is 6.04 Å². The van der Waals surface area contributed by atoms with E-state index in [2.05, 4.69) is 26.1 Å². The van der Waals surface area contributed by atoms with Crippen LogP contribution in [0.4, 0.5) is 0 Å². The number of carbonyl (C=O) groups excluding carboxylic acids is 3. The summed E-state index contributed by atoms with van der Waals surface area (Å²) in [5.74, 6) is -0.423. The van der Waals surface area contributed by atoms with E-state index in [0.29, 0.717) is 22.9 Å². The van der Waals surface area contributed by atoms with E-state index in [1.165, 1.54) is 0 Å². The molecule has 3 rings (SSSR count). The Hall–Kier alpha value is -1.88. The predicted octanol–water partition coefficient (Wildman–Crippen LogP) is 3.80. The number of nitrogens with one attached hydrogen (secondary N) is 1. The zero-order chi connectivity index (χ0) is 19.8. The Kier molecular flexibility index (Phi) is 5.61. The maximum atomic E-state index is 12.9. The minimum atomic E-state index is -0.735. The molecule has 1 aromatic rings. The fourth-order valence-corrected chi connectivity index (χ4v) is 4.80. The summed E-state index contributed by atoms with van der Waals surface area (Å²) in [6, 6.07) is 5.72. The Balaban J connectivity index is 1.72. The molecule has 6 heteroatoms. The normalized spacial score (nSPS) is 27.5. The molecule has 0 spiro atoms. The van der Waals surface area contributed by atoms with Gasteiger partial charge in [0.15, 0.2) is 0 Å². The highest BCUT2D eigenvalue weighted by Crippen LogP contribution is 2.38. The molecular formula is C21H27ClN2O3. The van der Waals surface area contributed by atoms with Gasteiger partial charge in [0.2, 0.25) is 11.8 Å². The highest BCUT2D eigenvalue weighted by Gasteiger charge is 2.42. The number of rotatable bonds is 3. The second-order valence-corrected chi connectivity index (χ2v) is 9.19. The first-order valence-corrected chi connectivity index (χ1v) is 9.96. The lowest BCUT2D eigenvalue weighted by Gasteiger charge is -2.39. The molecule has 0 bridgehead atoms. The SMILES string of the molecule is CC1CC(NC(=O)C2CCC(=O)N2C(=O)c2ccc(Cl)cc2)CC(C)(C)C1. The molecule has 2 aliphatic rings. The highest BCUT2D eigenvalue weighted by molar-refractivity contribution is 6.30. The second kappa shape index (κ2) is 7.63. The van der Waals surface area contributed by atoms with Crippen LogP contribution < -0.4 is 5.32 Å². The molecule has 1 saturated heterocycles. The van der Waals surface area contributed by atoms with Gasteiger partial charge in [-0.2, -0.15) is 0 Å². The molecule has 146 valence electrons. The van der Waals surface area contributed by atoms with Crippen molar-refractivity contribution in [1.29, 1.82) is 0 Å². The van der Waals surface area contributed by atoms with Gasteiger partial charge >= 0.3 is 0 Å². The van der Waals surface area contributed by atoms with Gasteiger partial charge in [0.25, 0.3) is 5.91 Å². The first-order valence-electron chi connectivity index (χ1n) is 9.58. The van der Waals surface area contributed by atoms with Crippen LogP contribution in [0.1, 0.15) is 63.2 Å². The number of halogens is 1. The molecule has 5 nitrogen and oxygen atoms in total. The number of nitrogens with zero attached hydrogens (tertiary/aromatic N) is 1. The van der Waals surface area contributed by atoms with Crippen LogP contribution in [0.5, 0.6) is 0 Å². The number of benzene rings is 1. The molecule has 2 fully saturated rings. The third-order valence-electron chi connectivity index (χ3n) is 5.56. The van der Waals surface area contributed by atoms with Gasteiger partial charge in [0, 0.05) is 23.0 Å². The quantitative estimate of drug-likeness (QED) is 0.798. The fourth-order valence-electron chi connectivity index (χ4n) is 4.67. The number of imide groups is 1. The third kappa shape index (κ3) is 4.52. The molecule has 1 aromatic carbocycles. The summed E-state index contributed by atoms with van der Waals surface area (Å²) in [7, 11) is 0. The van der Waals surface area contributed by atoms with Crippen molar-refractivity contribution in [2.24, 2.45) is 11.3 Å². The van der Waals surface area contributed by atoms with Crippen LogP contribution in [-0.2, 0) is 9.59 Å². The molecule has 1 heterocycles. The van der Waals surface area contributed by atoms with Crippen molar-refractivity contribution in [3.8, 4) is 0 Å². The van der Waals surface area contributed by atoms with Crippen molar-refractivity contribution in [3.05, 3.63) is 34.9 Å². The van der Waals surface area contributed by atoms with Gasteiger partial charge < -0.3 is 5.32 Å². The first kappa shape index (κ1) is 19.9. The minimum Gasteiger partial charge on any atom is -0.352 e. The van der Waals surface area contributed by atoms with E-state index >= 15 is 0 Å². The van der Waals surface area contributed by atoms with Gasteiger partial charge in [-0.25, -0.2) is 0 Å². The summed E-state index contributed by atoms with van der Waals surface area (Å²) < 4.78 is 0. The standard InChI is InChI=1S/C21H27ClN2O3/c1-13-10-16(12-21(2,3)11-13)23-19(26)17-8-9-18(25)24(17)20(27)14-4-6-15(22)7-5-14/h4-7,13,16-17H,8-12H2,1-3H3,(H,23,26). The van der Waals surface area contributed by atoms with Crippen molar-refractivity contribution < 1.29 is 14.4 Å². The summed E-state index contributed by atoms with van der Waals surface area (Å²) in [5, 5.41) is 3.62. The van der Waals surface area contributed by atoms with Crippen LogP contribution in [0.2, 0.25) is 5.02 Å². The van der Waals surface area contributed by atoms with Gasteiger partial charge in [-0.05, 0) is 61.3 Å². The topological polar surface area (TPSA) is 66.5 Å². The van der Waals surface area contributed by atoms with Gasteiger partial charge in [-0.3, -0.25) is 19.3 Å². The van der Waals surface area contributed by atoms with Crippen LogP contribution in [-0.4, -0.2) is 34.7 Å². The van der Waals surface area contributed by atoms with Crippen LogP contribution in [0.3, 0.4) is 0 Å². The zero-order valence-electron chi connectivity index (χ0n) is 16.1. The summed E-state index contributed by atoms with van der Waals surface area (Å²) in [6.45, 7) is 6.64. The molecule has 3 amide bonds. The number of hydrogen-bond donors (Lipinski definition) is 1. The van der Waals surface area contributed by atoms with Crippen molar-refractivity contribution >= 4 is 29.3 Å².